The van der Waals surface area contributed by atoms with Crippen LogP contribution < -0.4 is 10.2 Å². The van der Waals surface area contributed by atoms with Crippen molar-refractivity contribution in [2.45, 2.75) is 6.42 Å². The Balaban J connectivity index is 0.00000196. The molecule has 0 aliphatic carbocycles. The quantitative estimate of drug-likeness (QED) is 0.664. The zero-order valence-corrected chi connectivity index (χ0v) is 15.7. The fourth-order valence-corrected chi connectivity index (χ4v) is 3.16. The zero-order chi connectivity index (χ0) is 17.4. The van der Waals surface area contributed by atoms with Crippen LogP contribution in [0, 0.1) is 0 Å². The highest BCUT2D eigenvalue weighted by Gasteiger charge is 2.17. The van der Waals surface area contributed by atoms with E-state index in [-0.39, 0.29) is 24.1 Å². The van der Waals surface area contributed by atoms with Crippen LogP contribution in [0.15, 0.2) is 59.0 Å². The molecule has 1 aliphatic heterocycles. The molecule has 1 N–H and O–H groups in total. The van der Waals surface area contributed by atoms with Crippen LogP contribution in [0.1, 0.15) is 16.1 Å². The number of furan rings is 1. The first kappa shape index (κ1) is 18.4. The summed E-state index contributed by atoms with van der Waals surface area (Å²) in [5, 5.41) is 3.56. The number of carbonyl (C=O) groups excluding carboxylic acids is 1. The van der Waals surface area contributed by atoms with Crippen LogP contribution in [0.25, 0.3) is 11.3 Å². The number of carbonyl (C=O) groups is 1. The van der Waals surface area contributed by atoms with Crippen molar-refractivity contribution in [3.05, 3.63) is 70.9 Å². The molecule has 0 fully saturated rings. The molecule has 1 aliphatic rings. The Bertz CT molecular complexity index is 935. The molecule has 26 heavy (non-hydrogen) atoms. The lowest BCUT2D eigenvalue weighted by molar-refractivity contribution is 0.0997. The molecule has 3 aromatic rings. The monoisotopic (exact) mass is 388 g/mol. The highest BCUT2D eigenvalue weighted by molar-refractivity contribution is 6.30. The number of hydrogen-bond donors (Lipinski definition) is 1. The molecule has 4 nitrogen and oxygen atoms in total. The normalized spacial score (nSPS) is 12.5. The molecule has 4 rings (SSSR count). The number of halogens is 2. The summed E-state index contributed by atoms with van der Waals surface area (Å²) in [7, 11) is 2.06. The molecule has 134 valence electrons. The molecule has 0 spiro atoms. The average molecular weight is 389 g/mol. The molecule has 0 bridgehead atoms. The van der Waals surface area contributed by atoms with Crippen LogP contribution in [-0.2, 0) is 6.42 Å². The molecule has 0 atom stereocenters. The molecular weight excluding hydrogens is 371 g/mol. The van der Waals surface area contributed by atoms with Crippen molar-refractivity contribution < 1.29 is 9.21 Å². The van der Waals surface area contributed by atoms with Gasteiger partial charge < -0.3 is 14.6 Å². The van der Waals surface area contributed by atoms with E-state index in [1.165, 1.54) is 11.3 Å². The van der Waals surface area contributed by atoms with E-state index in [0.29, 0.717) is 10.8 Å². The van der Waals surface area contributed by atoms with Gasteiger partial charge in [-0.1, -0.05) is 17.7 Å². The van der Waals surface area contributed by atoms with Crippen LogP contribution in [0.4, 0.5) is 11.4 Å². The van der Waals surface area contributed by atoms with Gasteiger partial charge >= 0.3 is 0 Å². The Hall–Kier alpha value is -2.43. The summed E-state index contributed by atoms with van der Waals surface area (Å²) in [4.78, 5) is 14.6. The summed E-state index contributed by atoms with van der Waals surface area (Å²) in [5.41, 5.74) is 4.12. The van der Waals surface area contributed by atoms with Gasteiger partial charge in [-0.2, -0.15) is 0 Å². The van der Waals surface area contributed by atoms with Gasteiger partial charge in [-0.15, -0.1) is 12.4 Å². The van der Waals surface area contributed by atoms with E-state index >= 15 is 0 Å². The van der Waals surface area contributed by atoms with Gasteiger partial charge in [-0.25, -0.2) is 0 Å². The minimum atomic E-state index is -0.263. The lowest BCUT2D eigenvalue weighted by atomic mass is 10.1. The van der Waals surface area contributed by atoms with Gasteiger partial charge in [0.25, 0.3) is 5.91 Å². The minimum Gasteiger partial charge on any atom is -0.451 e. The Morgan fingerprint density at radius 1 is 1.12 bits per heavy atom. The van der Waals surface area contributed by atoms with Crippen LogP contribution in [0.5, 0.6) is 0 Å². The fraction of sp³-hybridized carbons (Fsp3) is 0.150. The predicted octanol–water partition coefficient (Wildman–Crippen LogP) is 5.27. The van der Waals surface area contributed by atoms with Crippen molar-refractivity contribution >= 4 is 41.3 Å². The van der Waals surface area contributed by atoms with Crippen LogP contribution in [0.3, 0.4) is 0 Å². The largest absolute Gasteiger partial charge is 0.451 e. The van der Waals surface area contributed by atoms with Crippen LogP contribution in [-0.4, -0.2) is 19.5 Å². The SMILES string of the molecule is CN1CCc2ccc(NC(=O)c3ccc(-c4ccc(Cl)cc4)o3)cc21.Cl. The van der Waals surface area contributed by atoms with Gasteiger partial charge in [0.1, 0.15) is 5.76 Å². The molecule has 1 aromatic heterocycles. The summed E-state index contributed by atoms with van der Waals surface area (Å²) in [6, 6.07) is 16.8. The zero-order valence-electron chi connectivity index (χ0n) is 14.2. The third-order valence-electron chi connectivity index (χ3n) is 4.43. The molecule has 2 aromatic carbocycles. The topological polar surface area (TPSA) is 45.5 Å². The van der Waals surface area contributed by atoms with Crippen molar-refractivity contribution in [2.75, 3.05) is 23.8 Å². The number of amides is 1. The van der Waals surface area contributed by atoms with Crippen molar-refractivity contribution in [3.8, 4) is 11.3 Å². The highest BCUT2D eigenvalue weighted by Crippen LogP contribution is 2.30. The minimum absolute atomic E-state index is 0. The first-order chi connectivity index (χ1) is 12.1. The lowest BCUT2D eigenvalue weighted by Gasteiger charge is -2.13. The number of nitrogens with one attached hydrogen (secondary N) is 1. The number of likely N-dealkylation sites (N-methyl/N-ethyl adjacent to an activating group) is 1. The Morgan fingerprint density at radius 3 is 2.65 bits per heavy atom. The number of hydrogen-bond acceptors (Lipinski definition) is 3. The number of anilines is 2. The lowest BCUT2D eigenvalue weighted by Crippen LogP contribution is -2.14. The first-order valence-corrected chi connectivity index (χ1v) is 8.49. The Labute approximate surface area is 163 Å². The molecule has 1 amide bonds. The summed E-state index contributed by atoms with van der Waals surface area (Å²) in [6.45, 7) is 1.01. The Kier molecular flexibility index (Phi) is 5.25. The smallest absolute Gasteiger partial charge is 0.291 e. The number of fused-ring (bicyclic) bond motifs is 1. The van der Waals surface area contributed by atoms with Gasteiger partial charge in [-0.05, 0) is 60.5 Å². The maximum Gasteiger partial charge on any atom is 0.291 e. The standard InChI is InChI=1S/C20H17ClN2O2.ClH/c1-23-11-10-13-4-7-16(12-17(13)23)22-20(24)19-9-8-18(25-19)14-2-5-15(21)6-3-14;/h2-9,12H,10-11H2,1H3,(H,22,24);1H. The van der Waals surface area contributed by atoms with Crippen LogP contribution >= 0.6 is 24.0 Å². The van der Waals surface area contributed by atoms with E-state index < -0.39 is 0 Å². The van der Waals surface area contributed by atoms with Crippen molar-refractivity contribution in [1.29, 1.82) is 0 Å². The van der Waals surface area contributed by atoms with Gasteiger partial charge in [0, 0.05) is 35.6 Å². The van der Waals surface area contributed by atoms with E-state index in [1.54, 1.807) is 24.3 Å². The first-order valence-electron chi connectivity index (χ1n) is 8.11. The summed E-state index contributed by atoms with van der Waals surface area (Å²) < 4.78 is 5.69. The third-order valence-corrected chi connectivity index (χ3v) is 4.68. The summed E-state index contributed by atoms with van der Waals surface area (Å²) >= 11 is 5.90. The van der Waals surface area contributed by atoms with Gasteiger partial charge in [0.2, 0.25) is 0 Å². The maximum atomic E-state index is 12.5. The maximum absolute atomic E-state index is 12.5. The van der Waals surface area contributed by atoms with Gasteiger partial charge in [0.15, 0.2) is 5.76 Å². The molecule has 2 heterocycles. The number of rotatable bonds is 3. The van der Waals surface area contributed by atoms with Gasteiger partial charge in [0.05, 0.1) is 0 Å². The van der Waals surface area contributed by atoms with E-state index in [4.69, 9.17) is 16.0 Å². The van der Waals surface area contributed by atoms with Gasteiger partial charge in [-0.3, -0.25) is 4.79 Å². The Morgan fingerprint density at radius 2 is 1.88 bits per heavy atom. The van der Waals surface area contributed by atoms with E-state index in [1.807, 2.05) is 24.3 Å². The van der Waals surface area contributed by atoms with Crippen molar-refractivity contribution in [1.82, 2.24) is 0 Å². The molecule has 0 saturated carbocycles. The molecular formula is C20H18Cl2N2O2. The molecule has 0 unspecified atom stereocenters. The van der Waals surface area contributed by atoms with Crippen molar-refractivity contribution in [3.63, 3.8) is 0 Å². The van der Waals surface area contributed by atoms with Crippen LogP contribution in [0.2, 0.25) is 5.02 Å². The number of benzene rings is 2. The second-order valence-corrected chi connectivity index (χ2v) is 6.58. The average Bonchev–Trinajstić information content (AvgIpc) is 3.24. The fourth-order valence-electron chi connectivity index (χ4n) is 3.04. The molecule has 0 saturated heterocycles. The van der Waals surface area contributed by atoms with E-state index in [2.05, 4.69) is 23.3 Å². The van der Waals surface area contributed by atoms with E-state index in [0.717, 1.165) is 24.2 Å². The second kappa shape index (κ2) is 7.44. The number of nitrogens with zero attached hydrogens (tertiary/aromatic N) is 1. The van der Waals surface area contributed by atoms with Crippen molar-refractivity contribution in [2.24, 2.45) is 0 Å². The third kappa shape index (κ3) is 3.57. The summed E-state index contributed by atoms with van der Waals surface area (Å²) in [5.74, 6) is 0.648. The molecule has 0 radical (unpaired) electrons. The molecule has 6 heteroatoms. The summed E-state index contributed by atoms with van der Waals surface area (Å²) in [6.07, 6.45) is 1.04. The predicted molar refractivity (Wildman–Crippen MR) is 108 cm³/mol. The second-order valence-electron chi connectivity index (χ2n) is 6.14. The highest BCUT2D eigenvalue weighted by atomic mass is 35.5. The van der Waals surface area contributed by atoms with E-state index in [9.17, 15) is 4.79 Å².